The molecule has 90 valence electrons. The lowest BCUT2D eigenvalue weighted by Gasteiger charge is -2.24. The van der Waals surface area contributed by atoms with E-state index in [0.717, 1.165) is 36.3 Å². The van der Waals surface area contributed by atoms with E-state index < -0.39 is 0 Å². The van der Waals surface area contributed by atoms with Crippen molar-refractivity contribution in [1.29, 1.82) is 0 Å². The molecule has 0 aromatic carbocycles. The number of pyridine rings is 1. The fourth-order valence-corrected chi connectivity index (χ4v) is 2.37. The summed E-state index contributed by atoms with van der Waals surface area (Å²) in [6.45, 7) is 5.04. The largest absolute Gasteiger partial charge is 0.354 e. The van der Waals surface area contributed by atoms with Crippen LogP contribution in [0.3, 0.4) is 0 Å². The quantitative estimate of drug-likeness (QED) is 0.876. The van der Waals surface area contributed by atoms with Crippen molar-refractivity contribution in [2.24, 2.45) is 0 Å². The standard InChI is InChI=1S/C11H17BrClN3/c1-3-5-16(6-4-14-2)11-10(12)7-9(13)8-15-11/h7-8,14H,3-6H2,1-2H3. The average Bonchev–Trinajstić information content (AvgIpc) is 2.25. The van der Waals surface area contributed by atoms with Gasteiger partial charge in [-0.1, -0.05) is 18.5 Å². The summed E-state index contributed by atoms with van der Waals surface area (Å²) in [5.41, 5.74) is 0. The third-order valence-corrected chi connectivity index (χ3v) is 3.00. The lowest BCUT2D eigenvalue weighted by atomic mass is 10.3. The number of hydrogen-bond acceptors (Lipinski definition) is 3. The molecule has 1 heterocycles. The van der Waals surface area contributed by atoms with Gasteiger partial charge in [-0.15, -0.1) is 0 Å². The molecule has 1 aromatic heterocycles. The Morgan fingerprint density at radius 2 is 2.25 bits per heavy atom. The zero-order chi connectivity index (χ0) is 12.0. The second-order valence-electron chi connectivity index (χ2n) is 3.55. The van der Waals surface area contributed by atoms with Crippen LogP contribution in [0, 0.1) is 0 Å². The van der Waals surface area contributed by atoms with Crippen LogP contribution >= 0.6 is 27.5 Å². The predicted molar refractivity (Wildman–Crippen MR) is 73.4 cm³/mol. The van der Waals surface area contributed by atoms with Gasteiger partial charge >= 0.3 is 0 Å². The van der Waals surface area contributed by atoms with Gasteiger partial charge in [-0.05, 0) is 35.5 Å². The van der Waals surface area contributed by atoms with E-state index in [2.05, 4.69) is 38.1 Å². The molecule has 1 N–H and O–H groups in total. The molecule has 0 fully saturated rings. The topological polar surface area (TPSA) is 28.2 Å². The summed E-state index contributed by atoms with van der Waals surface area (Å²) in [5.74, 6) is 0.960. The van der Waals surface area contributed by atoms with E-state index in [1.165, 1.54) is 0 Å². The third-order valence-electron chi connectivity index (χ3n) is 2.21. The Morgan fingerprint density at radius 1 is 1.50 bits per heavy atom. The second kappa shape index (κ2) is 7.09. The molecule has 16 heavy (non-hydrogen) atoms. The van der Waals surface area contributed by atoms with Crippen molar-refractivity contribution in [2.75, 3.05) is 31.6 Å². The van der Waals surface area contributed by atoms with Crippen molar-refractivity contribution in [2.45, 2.75) is 13.3 Å². The summed E-state index contributed by atoms with van der Waals surface area (Å²) in [7, 11) is 1.95. The maximum absolute atomic E-state index is 5.88. The zero-order valence-electron chi connectivity index (χ0n) is 9.63. The zero-order valence-corrected chi connectivity index (χ0v) is 12.0. The lowest BCUT2D eigenvalue weighted by Crippen LogP contribution is -2.32. The maximum atomic E-state index is 5.88. The van der Waals surface area contributed by atoms with Gasteiger partial charge in [0.15, 0.2) is 0 Å². The van der Waals surface area contributed by atoms with Crippen LogP contribution in [-0.2, 0) is 0 Å². The van der Waals surface area contributed by atoms with Crippen LogP contribution in [0.2, 0.25) is 5.02 Å². The molecular weight excluding hydrogens is 289 g/mol. The van der Waals surface area contributed by atoms with E-state index in [0.29, 0.717) is 5.02 Å². The van der Waals surface area contributed by atoms with E-state index in [1.807, 2.05) is 13.1 Å². The summed E-state index contributed by atoms with van der Waals surface area (Å²) in [5, 5.41) is 3.80. The molecule has 0 radical (unpaired) electrons. The molecule has 0 unspecified atom stereocenters. The number of nitrogens with zero attached hydrogens (tertiary/aromatic N) is 2. The first-order chi connectivity index (χ1) is 7.69. The predicted octanol–water partition coefficient (Wildman–Crippen LogP) is 2.93. The lowest BCUT2D eigenvalue weighted by molar-refractivity contribution is 0.701. The van der Waals surface area contributed by atoms with E-state index in [4.69, 9.17) is 11.6 Å². The minimum absolute atomic E-state index is 0.653. The summed E-state index contributed by atoms with van der Waals surface area (Å²) in [4.78, 5) is 6.62. The van der Waals surface area contributed by atoms with Crippen LogP contribution in [0.5, 0.6) is 0 Å². The van der Waals surface area contributed by atoms with E-state index in [1.54, 1.807) is 6.20 Å². The highest BCUT2D eigenvalue weighted by atomic mass is 79.9. The minimum atomic E-state index is 0.653. The van der Waals surface area contributed by atoms with E-state index in [9.17, 15) is 0 Å². The van der Waals surface area contributed by atoms with E-state index in [-0.39, 0.29) is 0 Å². The Kier molecular flexibility index (Phi) is 6.09. The second-order valence-corrected chi connectivity index (χ2v) is 4.84. The Hall–Kier alpha value is -0.320. The Morgan fingerprint density at radius 3 is 2.81 bits per heavy atom. The molecule has 1 aromatic rings. The van der Waals surface area contributed by atoms with Crippen LogP contribution in [0.25, 0.3) is 0 Å². The van der Waals surface area contributed by atoms with Crippen LogP contribution in [0.1, 0.15) is 13.3 Å². The first kappa shape index (κ1) is 13.7. The number of nitrogens with one attached hydrogen (secondary N) is 1. The molecule has 0 bridgehead atoms. The molecule has 3 nitrogen and oxygen atoms in total. The maximum Gasteiger partial charge on any atom is 0.143 e. The Labute approximate surface area is 110 Å². The van der Waals surface area contributed by atoms with Gasteiger partial charge in [-0.25, -0.2) is 4.98 Å². The summed E-state index contributed by atoms with van der Waals surface area (Å²) < 4.78 is 0.949. The molecule has 0 amide bonds. The van der Waals surface area contributed by atoms with Crippen molar-refractivity contribution in [1.82, 2.24) is 10.3 Å². The van der Waals surface area contributed by atoms with E-state index >= 15 is 0 Å². The van der Waals surface area contributed by atoms with Gasteiger partial charge in [0.2, 0.25) is 0 Å². The van der Waals surface area contributed by atoms with Crippen molar-refractivity contribution < 1.29 is 0 Å². The van der Waals surface area contributed by atoms with Gasteiger partial charge in [-0.3, -0.25) is 0 Å². The summed E-state index contributed by atoms with van der Waals surface area (Å²) in [6, 6.07) is 1.88. The number of aromatic nitrogens is 1. The van der Waals surface area contributed by atoms with Crippen LogP contribution < -0.4 is 10.2 Å². The summed E-state index contributed by atoms with van der Waals surface area (Å²) in [6.07, 6.45) is 2.78. The fourth-order valence-electron chi connectivity index (χ4n) is 1.48. The fraction of sp³-hybridized carbons (Fsp3) is 0.545. The molecule has 0 spiro atoms. The smallest absolute Gasteiger partial charge is 0.143 e. The number of likely N-dealkylation sites (N-methyl/N-ethyl adjacent to an activating group) is 1. The van der Waals surface area contributed by atoms with Crippen molar-refractivity contribution in [3.63, 3.8) is 0 Å². The molecule has 0 aliphatic carbocycles. The van der Waals surface area contributed by atoms with Gasteiger partial charge in [0.25, 0.3) is 0 Å². The molecule has 1 rings (SSSR count). The highest BCUT2D eigenvalue weighted by Crippen LogP contribution is 2.26. The number of halogens is 2. The SMILES string of the molecule is CCCN(CCNC)c1ncc(Cl)cc1Br. The number of anilines is 1. The van der Waals surface area contributed by atoms with Gasteiger partial charge in [0, 0.05) is 25.8 Å². The molecular formula is C11H17BrClN3. The van der Waals surface area contributed by atoms with Crippen LogP contribution in [0.4, 0.5) is 5.82 Å². The molecule has 0 saturated heterocycles. The van der Waals surface area contributed by atoms with Gasteiger partial charge in [-0.2, -0.15) is 0 Å². The van der Waals surface area contributed by atoms with Crippen LogP contribution in [0.15, 0.2) is 16.7 Å². The minimum Gasteiger partial charge on any atom is -0.354 e. The third kappa shape index (κ3) is 3.92. The normalized spacial score (nSPS) is 10.5. The van der Waals surface area contributed by atoms with Crippen molar-refractivity contribution >= 4 is 33.3 Å². The molecule has 0 atom stereocenters. The van der Waals surface area contributed by atoms with Crippen LogP contribution in [-0.4, -0.2) is 31.7 Å². The molecule has 0 saturated carbocycles. The highest BCUT2D eigenvalue weighted by molar-refractivity contribution is 9.10. The van der Waals surface area contributed by atoms with Gasteiger partial charge in [0.05, 0.1) is 9.50 Å². The van der Waals surface area contributed by atoms with Gasteiger partial charge in [0.1, 0.15) is 5.82 Å². The van der Waals surface area contributed by atoms with Gasteiger partial charge < -0.3 is 10.2 Å². The first-order valence-corrected chi connectivity index (χ1v) is 6.56. The molecule has 0 aliphatic rings. The highest BCUT2D eigenvalue weighted by Gasteiger charge is 2.10. The Balaban J connectivity index is 2.82. The van der Waals surface area contributed by atoms with Crippen molar-refractivity contribution in [3.8, 4) is 0 Å². The number of hydrogen-bond donors (Lipinski definition) is 1. The average molecular weight is 307 g/mol. The molecule has 5 heteroatoms. The van der Waals surface area contributed by atoms with Crippen molar-refractivity contribution in [3.05, 3.63) is 21.8 Å². The number of rotatable bonds is 6. The monoisotopic (exact) mass is 305 g/mol. The first-order valence-electron chi connectivity index (χ1n) is 5.39. The molecule has 0 aliphatic heterocycles. The summed E-state index contributed by atoms with van der Waals surface area (Å²) >= 11 is 9.38. The Bertz CT molecular complexity index is 333.